The third kappa shape index (κ3) is 2.39. The van der Waals surface area contributed by atoms with Crippen molar-refractivity contribution in [2.24, 2.45) is 0 Å². The fourth-order valence-electron chi connectivity index (χ4n) is 7.79. The molecule has 1 spiro atoms. The van der Waals surface area contributed by atoms with Gasteiger partial charge in [-0.2, -0.15) is 0 Å². The summed E-state index contributed by atoms with van der Waals surface area (Å²) in [5.41, 5.74) is 0.569. The third-order valence-electron chi connectivity index (χ3n) is 9.12. The highest BCUT2D eigenvalue weighted by Gasteiger charge is 2.74. The van der Waals surface area contributed by atoms with E-state index in [1.165, 1.54) is 11.0 Å². The molecule has 35 heavy (non-hydrogen) atoms. The van der Waals surface area contributed by atoms with E-state index in [4.69, 9.17) is 16.3 Å². The number of rotatable bonds is 3. The fraction of sp³-hybridized carbons (Fsp3) is 0.407. The van der Waals surface area contributed by atoms with E-state index in [0.717, 1.165) is 17.7 Å². The number of carbonyl (C=O) groups excluding carboxylic acids is 2. The van der Waals surface area contributed by atoms with Gasteiger partial charge in [0.15, 0.2) is 11.5 Å². The first-order valence-electron chi connectivity index (χ1n) is 12.1. The molecule has 5 aliphatic rings. The van der Waals surface area contributed by atoms with Gasteiger partial charge in [0.1, 0.15) is 6.10 Å². The highest BCUT2D eigenvalue weighted by molar-refractivity contribution is 6.32. The molecule has 2 aliphatic carbocycles. The molecule has 2 aromatic carbocycles. The summed E-state index contributed by atoms with van der Waals surface area (Å²) in [5.74, 6) is -0.350. The Bertz CT molecular complexity index is 1340. The number of aliphatic hydroxyl groups is 1. The molecule has 7 rings (SSSR count). The Balaban J connectivity index is 1.39. The normalized spacial score (nSPS) is 34.5. The van der Waals surface area contributed by atoms with Gasteiger partial charge in [-0.25, -0.2) is 0 Å². The molecule has 8 heteroatoms. The minimum absolute atomic E-state index is 0.0229. The Hall–Kier alpha value is -2.87. The van der Waals surface area contributed by atoms with Gasteiger partial charge in [-0.15, -0.1) is 6.58 Å². The van der Waals surface area contributed by atoms with E-state index in [1.807, 2.05) is 12.1 Å². The number of likely N-dealkylation sites (tertiary alicyclic amines) is 1. The minimum atomic E-state index is -1.12. The van der Waals surface area contributed by atoms with Crippen molar-refractivity contribution >= 4 is 23.4 Å². The molecule has 7 nitrogen and oxygen atoms in total. The van der Waals surface area contributed by atoms with Gasteiger partial charge in [0, 0.05) is 23.2 Å². The van der Waals surface area contributed by atoms with Crippen LogP contribution in [-0.4, -0.2) is 68.7 Å². The van der Waals surface area contributed by atoms with Crippen LogP contribution >= 0.6 is 11.6 Å². The van der Waals surface area contributed by atoms with Crippen molar-refractivity contribution in [2.45, 2.75) is 54.9 Å². The summed E-state index contributed by atoms with van der Waals surface area (Å²) in [4.78, 5) is 30.5. The number of nitrogens with zero attached hydrogens (tertiary/aromatic N) is 2. The van der Waals surface area contributed by atoms with E-state index in [9.17, 15) is 19.8 Å². The van der Waals surface area contributed by atoms with Gasteiger partial charge in [-0.1, -0.05) is 23.7 Å². The Kier molecular flexibility index (Phi) is 4.20. The second-order valence-electron chi connectivity index (χ2n) is 10.4. The largest absolute Gasteiger partial charge is 0.504 e. The maximum atomic E-state index is 13.5. The van der Waals surface area contributed by atoms with E-state index >= 15 is 0 Å². The highest BCUT2D eigenvalue weighted by Crippen LogP contribution is 2.66. The number of carbonyl (C=O) groups is 2. The summed E-state index contributed by atoms with van der Waals surface area (Å²) in [6.07, 6.45) is 3.25. The Morgan fingerprint density at radius 3 is 2.77 bits per heavy atom. The third-order valence-corrected chi connectivity index (χ3v) is 9.35. The van der Waals surface area contributed by atoms with Gasteiger partial charge >= 0.3 is 0 Å². The lowest BCUT2D eigenvalue weighted by atomic mass is 9.48. The molecule has 1 saturated heterocycles. The standard InChI is InChI=1S/C27H25ClN2O5/c1-2-10-29-11-9-26-21-14-3-6-19(31)22(21)35-23(26)18(7-8-27(26,34)20(29)12-14)30-24(32)16-5-4-15(28)13-17(16)25(30)33/h2-6,13,18,20,23,31,34H,1,7-12H2/t18-,20-,23+,26+,27?/m1/s1. The van der Waals surface area contributed by atoms with Crippen LogP contribution in [0.2, 0.25) is 5.02 Å². The quantitative estimate of drug-likeness (QED) is 0.505. The van der Waals surface area contributed by atoms with Crippen LogP contribution < -0.4 is 4.74 Å². The number of ether oxygens (including phenoxy) is 1. The zero-order valence-electron chi connectivity index (χ0n) is 19.0. The number of aromatic hydroxyl groups is 1. The number of phenolic OH excluding ortho intramolecular Hbond substituents is 1. The molecule has 2 fully saturated rings. The maximum Gasteiger partial charge on any atom is 0.261 e. The van der Waals surface area contributed by atoms with Crippen LogP contribution in [0, 0.1) is 0 Å². The van der Waals surface area contributed by atoms with Gasteiger partial charge < -0.3 is 14.9 Å². The molecule has 0 radical (unpaired) electrons. The Labute approximate surface area is 207 Å². The molecule has 2 N–H and O–H groups in total. The topological polar surface area (TPSA) is 90.3 Å². The van der Waals surface area contributed by atoms with Crippen LogP contribution in [0.4, 0.5) is 0 Å². The van der Waals surface area contributed by atoms with Crippen molar-refractivity contribution in [1.82, 2.24) is 9.80 Å². The zero-order valence-corrected chi connectivity index (χ0v) is 19.8. The van der Waals surface area contributed by atoms with Crippen LogP contribution in [0.5, 0.6) is 11.5 Å². The molecule has 3 heterocycles. The number of amides is 2. The Morgan fingerprint density at radius 2 is 1.97 bits per heavy atom. The van der Waals surface area contributed by atoms with E-state index < -0.39 is 23.2 Å². The second-order valence-corrected chi connectivity index (χ2v) is 10.8. The van der Waals surface area contributed by atoms with Gasteiger partial charge in [0.05, 0.1) is 28.2 Å². The van der Waals surface area contributed by atoms with Gasteiger partial charge in [0.25, 0.3) is 11.8 Å². The SMILES string of the molecule is C=CCN1CC[C@]23c4c5ccc(O)c4O[C@H]2[C@H](N2C(=O)c4ccc(Cl)cc4C2=O)CCC3(O)[C@H]1C5. The molecule has 2 bridgehead atoms. The van der Waals surface area contributed by atoms with Gasteiger partial charge in [-0.3, -0.25) is 19.4 Å². The number of phenols is 1. The monoisotopic (exact) mass is 492 g/mol. The summed E-state index contributed by atoms with van der Waals surface area (Å²) >= 11 is 6.13. The molecular formula is C27H25ClN2O5. The van der Waals surface area contributed by atoms with Crippen LogP contribution in [-0.2, 0) is 11.8 Å². The molecule has 5 atom stereocenters. The van der Waals surface area contributed by atoms with E-state index in [1.54, 1.807) is 18.2 Å². The number of hydrogen-bond acceptors (Lipinski definition) is 6. The Morgan fingerprint density at radius 1 is 1.17 bits per heavy atom. The van der Waals surface area contributed by atoms with E-state index in [-0.39, 0.29) is 23.6 Å². The molecule has 180 valence electrons. The van der Waals surface area contributed by atoms with E-state index in [0.29, 0.717) is 54.1 Å². The van der Waals surface area contributed by atoms with Crippen molar-refractivity contribution in [3.63, 3.8) is 0 Å². The van der Waals surface area contributed by atoms with Crippen LogP contribution in [0.15, 0.2) is 43.0 Å². The predicted molar refractivity (Wildman–Crippen MR) is 128 cm³/mol. The minimum Gasteiger partial charge on any atom is -0.504 e. The number of benzene rings is 2. The number of hydrogen-bond donors (Lipinski definition) is 2. The molecular weight excluding hydrogens is 468 g/mol. The van der Waals surface area contributed by atoms with Gasteiger partial charge in [-0.05, 0) is 62.1 Å². The molecule has 1 saturated carbocycles. The average Bonchev–Trinajstić information content (AvgIpc) is 3.30. The van der Waals surface area contributed by atoms with Crippen LogP contribution in [0.25, 0.3) is 0 Å². The average molecular weight is 493 g/mol. The number of imide groups is 1. The summed E-state index contributed by atoms with van der Waals surface area (Å²) in [5, 5.41) is 23.6. The summed E-state index contributed by atoms with van der Waals surface area (Å²) in [6.45, 7) is 5.29. The summed E-state index contributed by atoms with van der Waals surface area (Å²) < 4.78 is 6.49. The lowest BCUT2D eigenvalue weighted by Gasteiger charge is -2.64. The van der Waals surface area contributed by atoms with Crippen molar-refractivity contribution in [1.29, 1.82) is 0 Å². The molecule has 2 aromatic rings. The van der Waals surface area contributed by atoms with Crippen molar-refractivity contribution in [3.8, 4) is 11.5 Å². The first-order valence-corrected chi connectivity index (χ1v) is 12.5. The lowest BCUT2D eigenvalue weighted by molar-refractivity contribution is -0.194. The highest BCUT2D eigenvalue weighted by atomic mass is 35.5. The second kappa shape index (κ2) is 6.87. The predicted octanol–water partition coefficient (Wildman–Crippen LogP) is 3.05. The first kappa shape index (κ1) is 21.4. The van der Waals surface area contributed by atoms with Crippen molar-refractivity contribution in [3.05, 3.63) is 70.3 Å². The molecule has 3 aliphatic heterocycles. The van der Waals surface area contributed by atoms with Crippen LogP contribution in [0.1, 0.15) is 51.1 Å². The fourth-order valence-corrected chi connectivity index (χ4v) is 7.96. The molecule has 0 aromatic heterocycles. The van der Waals surface area contributed by atoms with Crippen LogP contribution in [0.3, 0.4) is 0 Å². The maximum absolute atomic E-state index is 13.5. The number of fused-ring (bicyclic) bond motifs is 1. The van der Waals surface area contributed by atoms with Crippen molar-refractivity contribution < 1.29 is 24.5 Å². The summed E-state index contributed by atoms with van der Waals surface area (Å²) in [7, 11) is 0. The number of halogens is 1. The van der Waals surface area contributed by atoms with Crippen molar-refractivity contribution in [2.75, 3.05) is 13.1 Å². The number of piperidine rings is 1. The molecule has 2 amide bonds. The molecule has 1 unspecified atom stereocenters. The van der Waals surface area contributed by atoms with Gasteiger partial charge in [0.2, 0.25) is 0 Å². The first-order chi connectivity index (χ1) is 16.8. The zero-order chi connectivity index (χ0) is 24.3. The summed E-state index contributed by atoms with van der Waals surface area (Å²) in [6, 6.07) is 7.57. The smallest absolute Gasteiger partial charge is 0.261 e. The lowest BCUT2D eigenvalue weighted by Crippen LogP contribution is -2.78. The van der Waals surface area contributed by atoms with E-state index in [2.05, 4.69) is 11.5 Å².